The van der Waals surface area contributed by atoms with E-state index < -0.39 is 10.8 Å². The minimum Gasteiger partial charge on any atom is -0.493 e. The highest BCUT2D eigenvalue weighted by Crippen LogP contribution is 2.60. The molecule has 6 heteroatoms. The Balaban J connectivity index is 0.819. The molecule has 2 aliphatic carbocycles. The molecule has 2 aliphatic rings. The molecular formula is C96H92N2O2S2. The van der Waals surface area contributed by atoms with Crippen molar-refractivity contribution in [3.05, 3.63) is 361 Å². The van der Waals surface area contributed by atoms with Crippen LogP contribution in [0.4, 0.5) is 34.1 Å². The Bertz CT molecular complexity index is 4480. The first kappa shape index (κ1) is 69.1. The fraction of sp³-hybridized carbons (Fsp3) is 0.208. The summed E-state index contributed by atoms with van der Waals surface area (Å²) in [4.78, 5) is 7.27. The van der Waals surface area contributed by atoms with Crippen LogP contribution in [-0.4, -0.2) is 24.7 Å². The lowest BCUT2D eigenvalue weighted by molar-refractivity contribution is 0.233. The molecule has 0 amide bonds. The molecule has 4 nitrogen and oxygen atoms in total. The zero-order valence-electron chi connectivity index (χ0n) is 59.4. The molecule has 0 aromatic heterocycles. The third-order valence-electron chi connectivity index (χ3n) is 21.1. The zero-order chi connectivity index (χ0) is 69.8. The summed E-state index contributed by atoms with van der Waals surface area (Å²) in [7, 11) is 0. The second-order valence-electron chi connectivity index (χ2n) is 27.2. The number of ether oxygens (including phenoxy) is 2. The second kappa shape index (κ2) is 31.9. The van der Waals surface area contributed by atoms with Crippen LogP contribution in [0.5, 0.6) is 11.5 Å². The highest BCUT2D eigenvalue weighted by Gasteiger charge is 2.48. The molecule has 510 valence electrons. The van der Waals surface area contributed by atoms with Gasteiger partial charge >= 0.3 is 0 Å². The normalized spacial score (nSPS) is 15.3. The van der Waals surface area contributed by atoms with E-state index >= 15 is 0 Å². The van der Waals surface area contributed by atoms with Crippen molar-refractivity contribution in [1.82, 2.24) is 0 Å². The van der Waals surface area contributed by atoms with Crippen LogP contribution in [0.2, 0.25) is 0 Å². The Hall–Kier alpha value is -9.98. The third kappa shape index (κ3) is 13.7. The molecule has 0 fully saturated rings. The van der Waals surface area contributed by atoms with Crippen molar-refractivity contribution in [2.45, 2.75) is 99.7 Å². The monoisotopic (exact) mass is 1370 g/mol. The lowest BCUT2D eigenvalue weighted by atomic mass is 9.67. The quantitative estimate of drug-likeness (QED) is 0.0317. The Morgan fingerprint density at radius 1 is 0.343 bits per heavy atom. The van der Waals surface area contributed by atoms with Crippen molar-refractivity contribution in [2.24, 2.45) is 11.8 Å². The minimum absolute atomic E-state index is 0.539. The molecule has 0 aliphatic heterocycles. The molecule has 0 spiro atoms. The first-order chi connectivity index (χ1) is 50.3. The molecule has 4 atom stereocenters. The summed E-state index contributed by atoms with van der Waals surface area (Å²) in [5, 5.41) is 0. The Kier molecular flexibility index (Phi) is 21.6. The van der Waals surface area contributed by atoms with Gasteiger partial charge in [0.15, 0.2) is 0 Å². The summed E-state index contributed by atoms with van der Waals surface area (Å²) in [5.74, 6) is 4.60. The molecule has 0 radical (unpaired) electrons. The van der Waals surface area contributed by atoms with Crippen LogP contribution in [0.15, 0.2) is 326 Å². The van der Waals surface area contributed by atoms with E-state index in [-0.39, 0.29) is 0 Å². The van der Waals surface area contributed by atoms with Gasteiger partial charge in [0.25, 0.3) is 0 Å². The van der Waals surface area contributed by atoms with Gasteiger partial charge in [0.1, 0.15) is 11.5 Å². The number of thioether (sulfide) groups is 2. The van der Waals surface area contributed by atoms with E-state index in [1.807, 2.05) is 35.7 Å². The van der Waals surface area contributed by atoms with E-state index in [9.17, 15) is 0 Å². The van der Waals surface area contributed by atoms with Gasteiger partial charge in [-0.2, -0.15) is 0 Å². The molecule has 4 unspecified atom stereocenters. The van der Waals surface area contributed by atoms with Gasteiger partial charge in [0.05, 0.1) is 24.0 Å². The van der Waals surface area contributed by atoms with Crippen molar-refractivity contribution < 1.29 is 9.47 Å². The number of rotatable bonds is 31. The maximum absolute atomic E-state index is 6.59. The van der Waals surface area contributed by atoms with Gasteiger partial charge in [0, 0.05) is 55.4 Å². The molecule has 12 aromatic carbocycles. The zero-order valence-corrected chi connectivity index (χ0v) is 61.1. The van der Waals surface area contributed by atoms with Crippen LogP contribution in [-0.2, 0) is 10.8 Å². The van der Waals surface area contributed by atoms with Crippen molar-refractivity contribution in [3.63, 3.8) is 0 Å². The average Bonchev–Trinajstić information content (AvgIpc) is 1.54. The number of hydrogen-bond donors (Lipinski definition) is 0. The first-order valence-corrected chi connectivity index (χ1v) is 38.8. The van der Waals surface area contributed by atoms with Gasteiger partial charge in [-0.3, -0.25) is 0 Å². The minimum atomic E-state index is -0.632. The van der Waals surface area contributed by atoms with Crippen LogP contribution in [0.3, 0.4) is 0 Å². The molecule has 0 N–H and O–H groups in total. The van der Waals surface area contributed by atoms with E-state index in [0.29, 0.717) is 11.8 Å². The van der Waals surface area contributed by atoms with E-state index in [4.69, 9.17) is 9.47 Å². The van der Waals surface area contributed by atoms with Gasteiger partial charge in [0.2, 0.25) is 0 Å². The second-order valence-corrected chi connectivity index (χ2v) is 29.4. The number of unbranched alkanes of at least 4 members (excludes halogenated alkanes) is 2. The number of nitrogens with zero attached hydrogens (tertiary/aromatic N) is 2. The number of hydrogen-bond acceptors (Lipinski definition) is 6. The SMILES string of the molecule is C=CCSc1ccc(C2(c3ccc(OCC(CC)CCCC)cc3)c3ccccc3-c3ccc(N(c4ccccc4)c4ccc(-c5ccc(N(c6ccccc6)c6ccc7c(c6)C(c6ccc(OCC(CC)CCCC)cc6)(c6ccc(SCC=C)cc6)c6ccccc6-7)cc5)cc4)cc32)cc1. The standard InChI is InChI=1S/C96H92N2O2S2/c1-7-13-25-69(11-5)67-99-83-53-39-73(40-54-83)95(75-43-57-85(58-44-75)101-63-9-3)91-33-23-21-31-87(91)89-61-51-81(65-93(89)95)97(77-27-17-15-18-28-77)79-47-35-71(36-48-79)72-37-49-80(50-38-72)98(78-29-19-16-20-30-78)82-52-62-90-88-32-22-24-34-92(88)96(94(90)66-82,76-45-59-86(60-46-76)102-64-10-4)74-41-55-84(56-42-74)100-68-70(12-6)26-14-8-2/h9-10,15-24,27-62,65-66,69-70H,3-4,7-8,11-14,25-26,63-64,67-68H2,1-2,5-6H3. The molecule has 0 saturated heterocycles. The third-order valence-corrected chi connectivity index (χ3v) is 23.1. The summed E-state index contributed by atoms with van der Waals surface area (Å²) in [6, 6.07) is 109. The van der Waals surface area contributed by atoms with Gasteiger partial charge in [-0.1, -0.05) is 248 Å². The Morgan fingerprint density at radius 2 is 0.667 bits per heavy atom. The van der Waals surface area contributed by atoms with Crippen LogP contribution in [0.1, 0.15) is 124 Å². The highest BCUT2D eigenvalue weighted by molar-refractivity contribution is 7.99. The first-order valence-electron chi connectivity index (χ1n) is 36.9. The maximum atomic E-state index is 6.59. The van der Waals surface area contributed by atoms with Crippen molar-refractivity contribution in [3.8, 4) is 44.9 Å². The smallest absolute Gasteiger partial charge is 0.119 e. The van der Waals surface area contributed by atoms with Crippen molar-refractivity contribution >= 4 is 57.6 Å². The van der Waals surface area contributed by atoms with Gasteiger partial charge < -0.3 is 19.3 Å². The van der Waals surface area contributed by atoms with E-state index in [2.05, 4.69) is 342 Å². The molecular weight excluding hydrogens is 1280 g/mol. The number of para-hydroxylation sites is 2. The molecule has 0 heterocycles. The number of benzene rings is 12. The average molecular weight is 1370 g/mol. The lowest BCUT2D eigenvalue weighted by Crippen LogP contribution is -2.29. The van der Waals surface area contributed by atoms with Crippen molar-refractivity contribution in [1.29, 1.82) is 0 Å². The number of anilines is 6. The summed E-state index contributed by atoms with van der Waals surface area (Å²) in [6.07, 6.45) is 13.4. The van der Waals surface area contributed by atoms with E-state index in [0.717, 1.165) is 94.3 Å². The Morgan fingerprint density at radius 3 is 1.02 bits per heavy atom. The molecule has 102 heavy (non-hydrogen) atoms. The lowest BCUT2D eigenvalue weighted by Gasteiger charge is -2.35. The summed E-state index contributed by atoms with van der Waals surface area (Å²) < 4.78 is 13.2. The largest absolute Gasteiger partial charge is 0.493 e. The topological polar surface area (TPSA) is 24.9 Å². The van der Waals surface area contributed by atoms with Gasteiger partial charge in [-0.15, -0.1) is 36.7 Å². The fourth-order valence-corrected chi connectivity index (χ4v) is 17.1. The molecule has 14 rings (SSSR count). The summed E-state index contributed by atoms with van der Waals surface area (Å²) in [6.45, 7) is 18.6. The number of fused-ring (bicyclic) bond motifs is 6. The Labute approximate surface area is 614 Å². The molecule has 12 aromatic rings. The van der Waals surface area contributed by atoms with Crippen LogP contribution >= 0.6 is 23.5 Å². The summed E-state index contributed by atoms with van der Waals surface area (Å²) in [5.41, 5.74) is 22.3. The molecule has 0 saturated carbocycles. The molecule has 0 bridgehead atoms. The van der Waals surface area contributed by atoms with Crippen LogP contribution < -0.4 is 19.3 Å². The van der Waals surface area contributed by atoms with E-state index in [1.165, 1.54) is 115 Å². The van der Waals surface area contributed by atoms with E-state index in [1.54, 1.807) is 0 Å². The van der Waals surface area contributed by atoms with Gasteiger partial charge in [-0.05, 0) is 224 Å². The van der Waals surface area contributed by atoms with Crippen molar-refractivity contribution in [2.75, 3.05) is 34.5 Å². The fourth-order valence-electron chi connectivity index (χ4n) is 15.8. The summed E-state index contributed by atoms with van der Waals surface area (Å²) >= 11 is 3.62. The maximum Gasteiger partial charge on any atom is 0.119 e. The van der Waals surface area contributed by atoms with Crippen LogP contribution in [0, 0.1) is 11.8 Å². The highest BCUT2D eigenvalue weighted by atomic mass is 32.2. The van der Waals surface area contributed by atoms with Crippen LogP contribution in [0.25, 0.3) is 33.4 Å². The predicted octanol–water partition coefficient (Wildman–Crippen LogP) is 26.8. The van der Waals surface area contributed by atoms with Gasteiger partial charge in [-0.25, -0.2) is 0 Å². The predicted molar refractivity (Wildman–Crippen MR) is 435 cm³/mol.